The van der Waals surface area contributed by atoms with Crippen molar-refractivity contribution in [2.24, 2.45) is 0 Å². The summed E-state index contributed by atoms with van der Waals surface area (Å²) in [5.74, 6) is 1.86. The van der Waals surface area contributed by atoms with E-state index in [1.54, 1.807) is 0 Å². The molecule has 2 fully saturated rings. The Balaban J connectivity index is 1.57. The minimum Gasteiger partial charge on any atom is -0.457 e. The molecule has 3 nitrogen and oxygen atoms in total. The Morgan fingerprint density at radius 3 is 1.62 bits per heavy atom. The van der Waals surface area contributed by atoms with E-state index in [4.69, 9.17) is 14.2 Å². The highest BCUT2D eigenvalue weighted by molar-refractivity contribution is 5.42. The minimum absolute atomic E-state index is 0.366. The molecule has 0 N–H and O–H groups in total. The first-order chi connectivity index (χ1) is 10.4. The summed E-state index contributed by atoms with van der Waals surface area (Å²) >= 11 is 0. The van der Waals surface area contributed by atoms with Gasteiger partial charge in [0.05, 0.1) is 25.4 Å². The highest BCUT2D eigenvalue weighted by atomic mass is 16.6. The molecule has 2 aliphatic rings. The van der Waals surface area contributed by atoms with Crippen molar-refractivity contribution < 1.29 is 14.2 Å². The highest BCUT2D eigenvalue weighted by Crippen LogP contribution is 2.32. The van der Waals surface area contributed by atoms with Gasteiger partial charge in [0, 0.05) is 12.8 Å². The molecule has 0 bridgehead atoms. The molecule has 2 atom stereocenters. The zero-order valence-electron chi connectivity index (χ0n) is 11.8. The van der Waals surface area contributed by atoms with Gasteiger partial charge in [0.25, 0.3) is 0 Å². The van der Waals surface area contributed by atoms with E-state index in [0.717, 1.165) is 37.6 Å². The lowest BCUT2D eigenvalue weighted by Gasteiger charge is -2.13. The SMILES string of the molecule is c1ccc(Oc2ccccc2CC2CO2)c(CC2CO2)c1. The monoisotopic (exact) mass is 282 g/mol. The van der Waals surface area contributed by atoms with E-state index in [2.05, 4.69) is 24.3 Å². The number of epoxide rings is 2. The lowest BCUT2D eigenvalue weighted by atomic mass is 10.1. The molecule has 0 spiro atoms. The van der Waals surface area contributed by atoms with E-state index in [-0.39, 0.29) is 0 Å². The van der Waals surface area contributed by atoms with Crippen LogP contribution in [0.15, 0.2) is 48.5 Å². The summed E-state index contributed by atoms with van der Waals surface area (Å²) in [6, 6.07) is 16.4. The van der Waals surface area contributed by atoms with Crippen LogP contribution in [0.25, 0.3) is 0 Å². The van der Waals surface area contributed by atoms with Gasteiger partial charge in [-0.05, 0) is 23.3 Å². The molecule has 108 valence electrons. The van der Waals surface area contributed by atoms with E-state index in [1.807, 2.05) is 24.3 Å². The zero-order chi connectivity index (χ0) is 14.1. The second-order valence-corrected chi connectivity index (χ2v) is 5.64. The van der Waals surface area contributed by atoms with Gasteiger partial charge in [0.15, 0.2) is 0 Å². The van der Waals surface area contributed by atoms with Crippen LogP contribution >= 0.6 is 0 Å². The van der Waals surface area contributed by atoms with E-state index >= 15 is 0 Å². The van der Waals surface area contributed by atoms with E-state index in [0.29, 0.717) is 12.2 Å². The Bertz CT molecular complexity index is 574. The van der Waals surface area contributed by atoms with E-state index in [1.165, 1.54) is 11.1 Å². The van der Waals surface area contributed by atoms with Gasteiger partial charge in [-0.1, -0.05) is 36.4 Å². The Morgan fingerprint density at radius 2 is 1.19 bits per heavy atom. The molecule has 2 aromatic carbocycles. The van der Waals surface area contributed by atoms with Crippen LogP contribution in [0.4, 0.5) is 0 Å². The van der Waals surface area contributed by atoms with Crippen molar-refractivity contribution in [3.8, 4) is 11.5 Å². The fourth-order valence-corrected chi connectivity index (χ4v) is 2.52. The lowest BCUT2D eigenvalue weighted by Crippen LogP contribution is -2.00. The van der Waals surface area contributed by atoms with Crippen LogP contribution in [-0.2, 0) is 22.3 Å². The normalized spacial score (nSPS) is 22.9. The maximum absolute atomic E-state index is 6.19. The summed E-state index contributed by atoms with van der Waals surface area (Å²) < 4.78 is 16.8. The molecule has 0 aliphatic carbocycles. The van der Waals surface area contributed by atoms with Crippen LogP contribution in [0.3, 0.4) is 0 Å². The van der Waals surface area contributed by atoms with Crippen molar-refractivity contribution in [2.75, 3.05) is 13.2 Å². The van der Waals surface area contributed by atoms with Crippen molar-refractivity contribution in [3.05, 3.63) is 59.7 Å². The maximum atomic E-state index is 6.19. The Labute approximate surface area is 124 Å². The van der Waals surface area contributed by atoms with Gasteiger partial charge in [0.2, 0.25) is 0 Å². The quantitative estimate of drug-likeness (QED) is 0.762. The predicted octanol–water partition coefficient (Wildman–Crippen LogP) is 3.36. The summed E-state index contributed by atoms with van der Waals surface area (Å²) in [5, 5.41) is 0. The van der Waals surface area contributed by atoms with Crippen LogP contribution in [0.2, 0.25) is 0 Å². The van der Waals surface area contributed by atoms with Gasteiger partial charge in [0.1, 0.15) is 11.5 Å². The fraction of sp³-hybridized carbons (Fsp3) is 0.333. The second-order valence-electron chi connectivity index (χ2n) is 5.64. The molecule has 3 heteroatoms. The van der Waals surface area contributed by atoms with Crippen molar-refractivity contribution in [2.45, 2.75) is 25.0 Å². The third kappa shape index (κ3) is 3.26. The number of rotatable bonds is 6. The number of para-hydroxylation sites is 2. The number of ether oxygens (including phenoxy) is 3. The topological polar surface area (TPSA) is 34.3 Å². The van der Waals surface area contributed by atoms with Gasteiger partial charge in [-0.2, -0.15) is 0 Å². The third-order valence-electron chi connectivity index (χ3n) is 3.87. The highest BCUT2D eigenvalue weighted by Gasteiger charge is 2.25. The van der Waals surface area contributed by atoms with Crippen molar-refractivity contribution in [1.29, 1.82) is 0 Å². The average molecular weight is 282 g/mol. The molecule has 21 heavy (non-hydrogen) atoms. The average Bonchev–Trinajstić information content (AvgIpc) is 3.39. The molecule has 2 unspecified atom stereocenters. The summed E-state index contributed by atoms with van der Waals surface area (Å²) in [5.41, 5.74) is 2.41. The van der Waals surface area contributed by atoms with Gasteiger partial charge in [-0.3, -0.25) is 0 Å². The van der Waals surface area contributed by atoms with Crippen LogP contribution < -0.4 is 4.74 Å². The Hall–Kier alpha value is -1.84. The second kappa shape index (κ2) is 5.51. The Kier molecular flexibility index (Phi) is 3.37. The van der Waals surface area contributed by atoms with Crippen molar-refractivity contribution in [3.63, 3.8) is 0 Å². The van der Waals surface area contributed by atoms with Gasteiger partial charge < -0.3 is 14.2 Å². The molecule has 2 aromatic rings. The van der Waals surface area contributed by atoms with Crippen molar-refractivity contribution >= 4 is 0 Å². The van der Waals surface area contributed by atoms with Gasteiger partial charge >= 0.3 is 0 Å². The maximum Gasteiger partial charge on any atom is 0.130 e. The summed E-state index contributed by atoms with van der Waals surface area (Å²) in [6.07, 6.45) is 2.57. The predicted molar refractivity (Wildman–Crippen MR) is 79.8 cm³/mol. The van der Waals surface area contributed by atoms with Gasteiger partial charge in [-0.15, -0.1) is 0 Å². The first-order valence-electron chi connectivity index (χ1n) is 7.45. The molecular weight excluding hydrogens is 264 g/mol. The molecule has 2 aliphatic heterocycles. The molecule has 0 saturated carbocycles. The first-order valence-corrected chi connectivity index (χ1v) is 7.45. The fourth-order valence-electron chi connectivity index (χ4n) is 2.52. The molecular formula is C18H18O3. The van der Waals surface area contributed by atoms with Crippen molar-refractivity contribution in [1.82, 2.24) is 0 Å². The molecule has 4 rings (SSSR count). The molecule has 2 saturated heterocycles. The first kappa shape index (κ1) is 12.9. The number of hydrogen-bond acceptors (Lipinski definition) is 3. The summed E-state index contributed by atoms with van der Waals surface area (Å²) in [6.45, 7) is 1.73. The summed E-state index contributed by atoms with van der Waals surface area (Å²) in [7, 11) is 0. The van der Waals surface area contributed by atoms with E-state index < -0.39 is 0 Å². The smallest absolute Gasteiger partial charge is 0.130 e. The third-order valence-corrected chi connectivity index (χ3v) is 3.87. The van der Waals surface area contributed by atoms with Crippen LogP contribution in [-0.4, -0.2) is 25.4 Å². The number of benzene rings is 2. The van der Waals surface area contributed by atoms with Crippen LogP contribution in [0.5, 0.6) is 11.5 Å². The summed E-state index contributed by atoms with van der Waals surface area (Å²) in [4.78, 5) is 0. The molecule has 0 radical (unpaired) electrons. The molecule has 0 amide bonds. The molecule has 0 aromatic heterocycles. The number of hydrogen-bond donors (Lipinski definition) is 0. The van der Waals surface area contributed by atoms with Crippen LogP contribution in [0, 0.1) is 0 Å². The lowest BCUT2D eigenvalue weighted by molar-refractivity contribution is 0.398. The van der Waals surface area contributed by atoms with E-state index in [9.17, 15) is 0 Å². The molecule has 2 heterocycles. The van der Waals surface area contributed by atoms with Gasteiger partial charge in [-0.25, -0.2) is 0 Å². The van der Waals surface area contributed by atoms with Crippen LogP contribution in [0.1, 0.15) is 11.1 Å². The zero-order valence-corrected chi connectivity index (χ0v) is 11.8. The minimum atomic E-state index is 0.366. The largest absolute Gasteiger partial charge is 0.457 e. The standard InChI is InChI=1S/C18H18O3/c1-3-7-17(13(5-1)9-15-11-19-15)21-18-8-4-2-6-14(18)10-16-12-20-16/h1-8,15-16H,9-12H2. The Morgan fingerprint density at radius 1 is 0.762 bits per heavy atom.